The molecule has 1 aromatic heterocycles. The van der Waals surface area contributed by atoms with Crippen molar-refractivity contribution in [2.45, 2.75) is 31.3 Å². The van der Waals surface area contributed by atoms with Crippen molar-refractivity contribution in [2.75, 3.05) is 7.11 Å². The summed E-state index contributed by atoms with van der Waals surface area (Å²) < 4.78 is 4.44. The highest BCUT2D eigenvalue weighted by Crippen LogP contribution is 2.41. The Morgan fingerprint density at radius 3 is 3.13 bits per heavy atom. The van der Waals surface area contributed by atoms with Gasteiger partial charge in [0.05, 0.1) is 17.8 Å². The highest BCUT2D eigenvalue weighted by atomic mass is 32.1. The Morgan fingerprint density at radius 2 is 2.53 bits per heavy atom. The summed E-state index contributed by atoms with van der Waals surface area (Å²) in [6.07, 6.45) is 1.58. The van der Waals surface area contributed by atoms with Gasteiger partial charge in [-0.2, -0.15) is 0 Å². The molecule has 0 bridgehead atoms. The first-order valence-corrected chi connectivity index (χ1v) is 5.79. The van der Waals surface area contributed by atoms with Crippen molar-refractivity contribution in [1.82, 2.24) is 4.98 Å². The monoisotopic (exact) mass is 227 g/mol. The molecule has 15 heavy (non-hydrogen) atoms. The molecule has 1 aliphatic rings. The maximum Gasteiger partial charge on any atom is 0.335 e. The highest BCUT2D eigenvalue weighted by molar-refractivity contribution is 7.09. The fourth-order valence-corrected chi connectivity index (χ4v) is 2.36. The first-order chi connectivity index (χ1) is 7.20. The van der Waals surface area contributed by atoms with Gasteiger partial charge in [0.25, 0.3) is 0 Å². The number of thiazole rings is 1. The normalized spacial score (nSPS) is 17.5. The number of aromatic nitrogens is 1. The van der Waals surface area contributed by atoms with E-state index in [0.29, 0.717) is 5.92 Å². The third kappa shape index (κ3) is 2.54. The summed E-state index contributed by atoms with van der Waals surface area (Å²) in [6, 6.07) is 0. The topological polar surface area (TPSA) is 59.4 Å². The molecule has 0 spiro atoms. The van der Waals surface area contributed by atoms with Crippen LogP contribution in [0.1, 0.15) is 29.5 Å². The smallest absolute Gasteiger partial charge is 0.335 e. The molecule has 1 N–H and O–H groups in total. The summed E-state index contributed by atoms with van der Waals surface area (Å²) in [6.45, 7) is 0. The minimum atomic E-state index is -1.09. The van der Waals surface area contributed by atoms with Crippen LogP contribution in [0.5, 0.6) is 0 Å². The van der Waals surface area contributed by atoms with E-state index in [0.717, 1.165) is 10.7 Å². The molecule has 0 amide bonds. The van der Waals surface area contributed by atoms with Crippen LogP contribution in [-0.4, -0.2) is 29.3 Å². The molecule has 1 aliphatic carbocycles. The van der Waals surface area contributed by atoms with E-state index in [2.05, 4.69) is 9.72 Å². The zero-order valence-electron chi connectivity index (χ0n) is 8.47. The Hall–Kier alpha value is -0.940. The lowest BCUT2D eigenvalue weighted by atomic mass is 10.2. The number of esters is 1. The van der Waals surface area contributed by atoms with Crippen LogP contribution in [0.2, 0.25) is 0 Å². The summed E-state index contributed by atoms with van der Waals surface area (Å²) >= 11 is 1.61. The van der Waals surface area contributed by atoms with E-state index in [4.69, 9.17) is 0 Å². The van der Waals surface area contributed by atoms with E-state index in [9.17, 15) is 9.90 Å². The Bertz CT molecular complexity index is 359. The van der Waals surface area contributed by atoms with Gasteiger partial charge in [-0.1, -0.05) is 0 Å². The van der Waals surface area contributed by atoms with E-state index in [-0.39, 0.29) is 6.42 Å². The summed E-state index contributed by atoms with van der Waals surface area (Å²) in [4.78, 5) is 15.4. The molecule has 1 saturated carbocycles. The van der Waals surface area contributed by atoms with Crippen LogP contribution in [0, 0.1) is 0 Å². The molecule has 5 heteroatoms. The zero-order chi connectivity index (χ0) is 10.8. The van der Waals surface area contributed by atoms with Crippen molar-refractivity contribution in [2.24, 2.45) is 0 Å². The standard InChI is InChI=1S/C10H13NO3S/c1-14-10(13)8(12)4-7-5-15-9(11-7)6-2-3-6/h5-6,8,12H,2-4H2,1H3. The molecule has 1 aromatic rings. The van der Waals surface area contributed by atoms with Crippen LogP contribution < -0.4 is 0 Å². The number of nitrogens with zero attached hydrogens (tertiary/aromatic N) is 1. The number of hydrogen-bond acceptors (Lipinski definition) is 5. The van der Waals surface area contributed by atoms with Crippen molar-refractivity contribution in [1.29, 1.82) is 0 Å². The summed E-state index contributed by atoms with van der Waals surface area (Å²) in [7, 11) is 1.27. The number of aliphatic hydroxyl groups is 1. The van der Waals surface area contributed by atoms with Crippen LogP contribution in [0.25, 0.3) is 0 Å². The molecular weight excluding hydrogens is 214 g/mol. The third-order valence-corrected chi connectivity index (χ3v) is 3.43. The number of methoxy groups -OCH3 is 1. The van der Waals surface area contributed by atoms with Gasteiger partial charge in [0.15, 0.2) is 6.10 Å². The zero-order valence-corrected chi connectivity index (χ0v) is 9.29. The quantitative estimate of drug-likeness (QED) is 0.782. The predicted molar refractivity (Wildman–Crippen MR) is 55.8 cm³/mol. The van der Waals surface area contributed by atoms with Crippen molar-refractivity contribution in [3.05, 3.63) is 16.1 Å². The molecule has 0 aliphatic heterocycles. The molecule has 0 radical (unpaired) electrons. The lowest BCUT2D eigenvalue weighted by molar-refractivity contribution is -0.150. The average molecular weight is 227 g/mol. The van der Waals surface area contributed by atoms with Gasteiger partial charge < -0.3 is 9.84 Å². The fraction of sp³-hybridized carbons (Fsp3) is 0.600. The first-order valence-electron chi connectivity index (χ1n) is 4.91. The van der Waals surface area contributed by atoms with Gasteiger partial charge >= 0.3 is 5.97 Å². The predicted octanol–water partition coefficient (Wildman–Crippen LogP) is 1.10. The van der Waals surface area contributed by atoms with E-state index in [1.807, 2.05) is 5.38 Å². The second-order valence-corrected chi connectivity index (χ2v) is 4.58. The number of rotatable bonds is 4. The lowest BCUT2D eigenvalue weighted by Crippen LogP contribution is -2.24. The van der Waals surface area contributed by atoms with Crippen LogP contribution in [0.4, 0.5) is 0 Å². The molecule has 1 heterocycles. The van der Waals surface area contributed by atoms with Gasteiger partial charge in [-0.05, 0) is 12.8 Å². The minimum absolute atomic E-state index is 0.246. The molecule has 4 nitrogen and oxygen atoms in total. The molecule has 0 saturated heterocycles. The molecule has 82 valence electrons. The second-order valence-electron chi connectivity index (χ2n) is 3.69. The van der Waals surface area contributed by atoms with Crippen LogP contribution >= 0.6 is 11.3 Å². The maximum absolute atomic E-state index is 11.0. The second kappa shape index (κ2) is 4.28. The fourth-order valence-electron chi connectivity index (χ4n) is 1.35. The van der Waals surface area contributed by atoms with Crippen LogP contribution in [0.3, 0.4) is 0 Å². The Labute approximate surface area is 91.9 Å². The van der Waals surface area contributed by atoms with Crippen LogP contribution in [-0.2, 0) is 16.0 Å². The molecule has 0 aromatic carbocycles. The van der Waals surface area contributed by atoms with E-state index in [1.165, 1.54) is 20.0 Å². The van der Waals surface area contributed by atoms with E-state index < -0.39 is 12.1 Å². The van der Waals surface area contributed by atoms with Crippen molar-refractivity contribution < 1.29 is 14.6 Å². The van der Waals surface area contributed by atoms with E-state index in [1.54, 1.807) is 11.3 Å². The number of carbonyl (C=O) groups excluding carboxylic acids is 1. The lowest BCUT2D eigenvalue weighted by Gasteiger charge is -2.05. The molecule has 1 atom stereocenters. The average Bonchev–Trinajstić information content (AvgIpc) is 2.99. The van der Waals surface area contributed by atoms with Crippen LogP contribution in [0.15, 0.2) is 5.38 Å². The van der Waals surface area contributed by atoms with E-state index >= 15 is 0 Å². The molecular formula is C10H13NO3S. The van der Waals surface area contributed by atoms with Gasteiger partial charge in [0.1, 0.15) is 0 Å². The van der Waals surface area contributed by atoms with Gasteiger partial charge in [-0.25, -0.2) is 9.78 Å². The van der Waals surface area contributed by atoms with Gasteiger partial charge in [0.2, 0.25) is 0 Å². The maximum atomic E-state index is 11.0. The summed E-state index contributed by atoms with van der Waals surface area (Å²) in [5.41, 5.74) is 0.778. The SMILES string of the molecule is COC(=O)C(O)Cc1csc(C2CC2)n1. The van der Waals surface area contributed by atoms with Gasteiger partial charge in [-0.15, -0.1) is 11.3 Å². The Kier molecular flexibility index (Phi) is 3.02. The molecule has 1 fully saturated rings. The van der Waals surface area contributed by atoms with Crippen molar-refractivity contribution >= 4 is 17.3 Å². The number of hydrogen-bond donors (Lipinski definition) is 1. The molecule has 1 unspecified atom stereocenters. The Morgan fingerprint density at radius 1 is 1.80 bits per heavy atom. The minimum Gasteiger partial charge on any atom is -0.467 e. The first kappa shape index (κ1) is 10.6. The highest BCUT2D eigenvalue weighted by Gasteiger charge is 2.27. The Balaban J connectivity index is 1.94. The van der Waals surface area contributed by atoms with Gasteiger partial charge in [0, 0.05) is 17.7 Å². The number of ether oxygens (including phenoxy) is 1. The van der Waals surface area contributed by atoms with Crippen molar-refractivity contribution in [3.8, 4) is 0 Å². The molecule has 2 rings (SSSR count). The summed E-state index contributed by atoms with van der Waals surface area (Å²) in [5.74, 6) is 0.0231. The summed E-state index contributed by atoms with van der Waals surface area (Å²) in [5, 5.41) is 12.5. The number of aliphatic hydroxyl groups excluding tert-OH is 1. The largest absolute Gasteiger partial charge is 0.467 e. The van der Waals surface area contributed by atoms with Gasteiger partial charge in [-0.3, -0.25) is 0 Å². The third-order valence-electron chi connectivity index (χ3n) is 2.37. The number of carbonyl (C=O) groups is 1. The van der Waals surface area contributed by atoms with Crippen molar-refractivity contribution in [3.63, 3.8) is 0 Å².